The fourth-order valence-corrected chi connectivity index (χ4v) is 1.73. The second kappa shape index (κ2) is 4.55. The SMILES string of the molecule is COc1ccc(-c2n[nH]c(CN)c2C)cc1F. The number of nitrogens with two attached hydrogens (primary N) is 1. The van der Waals surface area contributed by atoms with Crippen LogP contribution in [0.3, 0.4) is 0 Å². The quantitative estimate of drug-likeness (QED) is 0.855. The molecule has 0 bridgehead atoms. The van der Waals surface area contributed by atoms with Gasteiger partial charge in [0.25, 0.3) is 0 Å². The molecule has 0 amide bonds. The van der Waals surface area contributed by atoms with Crippen molar-refractivity contribution in [2.75, 3.05) is 7.11 Å². The van der Waals surface area contributed by atoms with Crippen LogP contribution in [0, 0.1) is 12.7 Å². The molecule has 1 heterocycles. The summed E-state index contributed by atoms with van der Waals surface area (Å²) >= 11 is 0. The summed E-state index contributed by atoms with van der Waals surface area (Å²) in [6, 6.07) is 4.76. The molecule has 0 aliphatic rings. The molecular formula is C12H14FN3O. The highest BCUT2D eigenvalue weighted by molar-refractivity contribution is 5.64. The lowest BCUT2D eigenvalue weighted by Crippen LogP contribution is -1.98. The van der Waals surface area contributed by atoms with E-state index in [1.54, 1.807) is 12.1 Å². The molecule has 5 heteroatoms. The topological polar surface area (TPSA) is 63.9 Å². The summed E-state index contributed by atoms with van der Waals surface area (Å²) in [5, 5.41) is 6.98. The molecule has 0 aliphatic carbocycles. The van der Waals surface area contributed by atoms with Crippen LogP contribution in [0.2, 0.25) is 0 Å². The average molecular weight is 235 g/mol. The second-order valence-electron chi connectivity index (χ2n) is 3.73. The molecule has 1 aromatic carbocycles. The Kier molecular flexibility index (Phi) is 3.10. The Labute approximate surface area is 98.6 Å². The van der Waals surface area contributed by atoms with Crippen LogP contribution < -0.4 is 10.5 Å². The predicted octanol–water partition coefficient (Wildman–Crippen LogP) is 1.99. The number of aromatic nitrogens is 2. The molecule has 0 radical (unpaired) electrons. The lowest BCUT2D eigenvalue weighted by atomic mass is 10.1. The smallest absolute Gasteiger partial charge is 0.165 e. The summed E-state index contributed by atoms with van der Waals surface area (Å²) < 4.78 is 18.4. The number of methoxy groups -OCH3 is 1. The first-order chi connectivity index (χ1) is 8.17. The number of hydrogen-bond donors (Lipinski definition) is 2. The van der Waals surface area contributed by atoms with Crippen molar-refractivity contribution in [3.05, 3.63) is 35.3 Å². The fourth-order valence-electron chi connectivity index (χ4n) is 1.73. The van der Waals surface area contributed by atoms with Gasteiger partial charge in [0.15, 0.2) is 11.6 Å². The van der Waals surface area contributed by atoms with Crippen LogP contribution in [0.4, 0.5) is 4.39 Å². The van der Waals surface area contributed by atoms with Gasteiger partial charge in [-0.2, -0.15) is 5.10 Å². The molecule has 0 spiro atoms. The Morgan fingerprint density at radius 2 is 2.24 bits per heavy atom. The van der Waals surface area contributed by atoms with Gasteiger partial charge in [-0.3, -0.25) is 5.10 Å². The van der Waals surface area contributed by atoms with Crippen LogP contribution in [0.15, 0.2) is 18.2 Å². The number of aromatic amines is 1. The van der Waals surface area contributed by atoms with Crippen molar-refractivity contribution in [1.82, 2.24) is 10.2 Å². The van der Waals surface area contributed by atoms with E-state index in [0.29, 0.717) is 17.8 Å². The molecule has 4 nitrogen and oxygen atoms in total. The highest BCUT2D eigenvalue weighted by Crippen LogP contribution is 2.27. The number of halogens is 1. The van der Waals surface area contributed by atoms with E-state index in [2.05, 4.69) is 10.2 Å². The minimum atomic E-state index is -0.401. The predicted molar refractivity (Wildman–Crippen MR) is 63.2 cm³/mol. The molecule has 0 atom stereocenters. The maximum Gasteiger partial charge on any atom is 0.165 e. The van der Waals surface area contributed by atoms with Gasteiger partial charge >= 0.3 is 0 Å². The summed E-state index contributed by atoms with van der Waals surface area (Å²) in [4.78, 5) is 0. The van der Waals surface area contributed by atoms with Gasteiger partial charge in [0.05, 0.1) is 18.5 Å². The number of nitrogens with one attached hydrogen (secondary N) is 1. The maximum atomic E-state index is 13.6. The van der Waals surface area contributed by atoms with Crippen molar-refractivity contribution >= 4 is 0 Å². The highest BCUT2D eigenvalue weighted by atomic mass is 19.1. The van der Waals surface area contributed by atoms with Gasteiger partial charge in [-0.25, -0.2) is 4.39 Å². The Bertz CT molecular complexity index is 537. The monoisotopic (exact) mass is 235 g/mol. The van der Waals surface area contributed by atoms with Crippen LogP contribution >= 0.6 is 0 Å². The zero-order valence-corrected chi connectivity index (χ0v) is 9.75. The molecule has 0 saturated heterocycles. The van der Waals surface area contributed by atoms with Crippen LogP contribution in [0.25, 0.3) is 11.3 Å². The zero-order chi connectivity index (χ0) is 12.4. The van der Waals surface area contributed by atoms with Crippen molar-refractivity contribution < 1.29 is 9.13 Å². The van der Waals surface area contributed by atoms with E-state index >= 15 is 0 Å². The van der Waals surface area contributed by atoms with Gasteiger partial charge < -0.3 is 10.5 Å². The molecule has 2 rings (SSSR count). The number of nitrogens with zero attached hydrogens (tertiary/aromatic N) is 1. The molecule has 0 unspecified atom stereocenters. The van der Waals surface area contributed by atoms with E-state index < -0.39 is 5.82 Å². The third kappa shape index (κ3) is 2.01. The minimum absolute atomic E-state index is 0.223. The second-order valence-corrected chi connectivity index (χ2v) is 3.73. The summed E-state index contributed by atoms with van der Waals surface area (Å²) in [6.45, 7) is 2.29. The van der Waals surface area contributed by atoms with Gasteiger partial charge in [-0.05, 0) is 30.7 Å². The lowest BCUT2D eigenvalue weighted by molar-refractivity contribution is 0.386. The average Bonchev–Trinajstić information content (AvgIpc) is 2.70. The molecule has 1 aromatic heterocycles. The maximum absolute atomic E-state index is 13.6. The molecule has 0 fully saturated rings. The van der Waals surface area contributed by atoms with Gasteiger partial charge in [0.1, 0.15) is 0 Å². The molecule has 2 aromatic rings. The lowest BCUT2D eigenvalue weighted by Gasteiger charge is -2.04. The van der Waals surface area contributed by atoms with Crippen LogP contribution in [0.1, 0.15) is 11.3 Å². The van der Waals surface area contributed by atoms with E-state index in [1.807, 2.05) is 6.92 Å². The van der Waals surface area contributed by atoms with Gasteiger partial charge in [0.2, 0.25) is 0 Å². The Hall–Kier alpha value is -1.88. The highest BCUT2D eigenvalue weighted by Gasteiger charge is 2.12. The third-order valence-electron chi connectivity index (χ3n) is 2.74. The summed E-state index contributed by atoms with van der Waals surface area (Å²) in [6.07, 6.45) is 0. The van der Waals surface area contributed by atoms with E-state index in [-0.39, 0.29) is 5.75 Å². The first kappa shape index (κ1) is 11.6. The first-order valence-electron chi connectivity index (χ1n) is 5.25. The molecule has 0 saturated carbocycles. The Morgan fingerprint density at radius 3 is 2.76 bits per heavy atom. The molecule has 3 N–H and O–H groups in total. The van der Waals surface area contributed by atoms with Crippen molar-refractivity contribution in [3.63, 3.8) is 0 Å². The normalized spacial score (nSPS) is 10.6. The van der Waals surface area contributed by atoms with E-state index in [0.717, 1.165) is 11.3 Å². The summed E-state index contributed by atoms with van der Waals surface area (Å²) in [5.74, 6) is -0.178. The number of benzene rings is 1. The zero-order valence-electron chi connectivity index (χ0n) is 9.75. The van der Waals surface area contributed by atoms with Crippen molar-refractivity contribution in [3.8, 4) is 17.0 Å². The van der Waals surface area contributed by atoms with Gasteiger partial charge in [-0.1, -0.05) is 0 Å². The van der Waals surface area contributed by atoms with Crippen LogP contribution in [-0.2, 0) is 6.54 Å². The molecule has 17 heavy (non-hydrogen) atoms. The minimum Gasteiger partial charge on any atom is -0.494 e. The van der Waals surface area contributed by atoms with Crippen LogP contribution in [0.5, 0.6) is 5.75 Å². The van der Waals surface area contributed by atoms with Crippen molar-refractivity contribution in [2.24, 2.45) is 5.73 Å². The number of ether oxygens (including phenoxy) is 1. The number of H-pyrrole nitrogens is 1. The fraction of sp³-hybridized carbons (Fsp3) is 0.250. The molecule has 90 valence electrons. The van der Waals surface area contributed by atoms with Crippen molar-refractivity contribution in [2.45, 2.75) is 13.5 Å². The first-order valence-corrected chi connectivity index (χ1v) is 5.25. The van der Waals surface area contributed by atoms with E-state index in [1.165, 1.54) is 13.2 Å². The van der Waals surface area contributed by atoms with E-state index in [9.17, 15) is 4.39 Å². The van der Waals surface area contributed by atoms with Crippen molar-refractivity contribution in [1.29, 1.82) is 0 Å². The standard InChI is InChI=1S/C12H14FN3O/c1-7-10(6-14)15-16-12(7)8-3-4-11(17-2)9(13)5-8/h3-5H,6,14H2,1-2H3,(H,15,16). The largest absolute Gasteiger partial charge is 0.494 e. The Balaban J connectivity index is 2.46. The number of hydrogen-bond acceptors (Lipinski definition) is 3. The molecular weight excluding hydrogens is 221 g/mol. The number of rotatable bonds is 3. The van der Waals surface area contributed by atoms with Crippen LogP contribution in [-0.4, -0.2) is 17.3 Å². The van der Waals surface area contributed by atoms with Gasteiger partial charge in [0, 0.05) is 12.1 Å². The molecule has 0 aliphatic heterocycles. The van der Waals surface area contributed by atoms with Gasteiger partial charge in [-0.15, -0.1) is 0 Å². The summed E-state index contributed by atoms with van der Waals surface area (Å²) in [7, 11) is 1.43. The Morgan fingerprint density at radius 1 is 1.47 bits per heavy atom. The summed E-state index contributed by atoms with van der Waals surface area (Å²) in [5.41, 5.74) is 8.77. The van der Waals surface area contributed by atoms with E-state index in [4.69, 9.17) is 10.5 Å². The third-order valence-corrected chi connectivity index (χ3v) is 2.74.